The molecule has 3 fully saturated rings. The largest absolute Gasteiger partial charge is 0.458 e. The van der Waals surface area contributed by atoms with E-state index in [4.69, 9.17) is 9.47 Å². The van der Waals surface area contributed by atoms with Gasteiger partial charge in [-0.3, -0.25) is 4.90 Å². The molecule has 1 saturated carbocycles. The van der Waals surface area contributed by atoms with Crippen LogP contribution in [0.25, 0.3) is 0 Å². The number of carbonyl (C=O) groups excluding carboxylic acids is 2. The van der Waals surface area contributed by atoms with Crippen molar-refractivity contribution in [1.29, 1.82) is 0 Å². The van der Waals surface area contributed by atoms with Crippen LogP contribution in [0.1, 0.15) is 37.0 Å². The van der Waals surface area contributed by atoms with Crippen LogP contribution in [0.15, 0.2) is 24.3 Å². The molecular weight excluding hydrogens is 320 g/mol. The molecule has 2 aliphatic heterocycles. The number of carbonyl (C=O) groups is 2. The molecule has 1 N–H and O–H groups in total. The van der Waals surface area contributed by atoms with E-state index >= 15 is 0 Å². The molecule has 2 saturated heterocycles. The van der Waals surface area contributed by atoms with Crippen LogP contribution in [-0.4, -0.2) is 43.9 Å². The fourth-order valence-electron chi connectivity index (χ4n) is 4.39. The minimum atomic E-state index is -0.306. The Balaban J connectivity index is 1.44. The molecule has 4 rings (SSSR count). The second kappa shape index (κ2) is 6.02. The molecule has 0 radical (unpaired) electrons. The number of hydrogen-bond donors (Lipinski definition) is 1. The van der Waals surface area contributed by atoms with Gasteiger partial charge in [0.15, 0.2) is 0 Å². The molecule has 6 nitrogen and oxygen atoms in total. The number of nitrogens with zero attached hydrogens (tertiary/aromatic N) is 1. The summed E-state index contributed by atoms with van der Waals surface area (Å²) in [6.07, 6.45) is 2.16. The van der Waals surface area contributed by atoms with E-state index in [0.29, 0.717) is 24.6 Å². The van der Waals surface area contributed by atoms with Crippen LogP contribution in [0.4, 0.5) is 10.5 Å². The van der Waals surface area contributed by atoms with E-state index in [-0.39, 0.29) is 29.6 Å². The zero-order valence-corrected chi connectivity index (χ0v) is 14.7. The van der Waals surface area contributed by atoms with Gasteiger partial charge < -0.3 is 14.8 Å². The first-order valence-corrected chi connectivity index (χ1v) is 8.96. The van der Waals surface area contributed by atoms with Crippen LogP contribution in [0.3, 0.4) is 0 Å². The second-order valence-corrected chi connectivity index (χ2v) is 7.68. The van der Waals surface area contributed by atoms with Gasteiger partial charge in [-0.1, -0.05) is 13.8 Å². The lowest BCUT2D eigenvalue weighted by Crippen LogP contribution is -2.65. The highest BCUT2D eigenvalue weighted by Gasteiger charge is 2.60. The zero-order valence-electron chi connectivity index (χ0n) is 14.7. The molecule has 2 heterocycles. The maximum Gasteiger partial charge on any atom is 0.338 e. The summed E-state index contributed by atoms with van der Waals surface area (Å²) >= 11 is 0. The minimum absolute atomic E-state index is 0.102. The van der Waals surface area contributed by atoms with E-state index in [2.05, 4.69) is 19.2 Å². The number of hydrogen-bond acceptors (Lipinski definition) is 4. The summed E-state index contributed by atoms with van der Waals surface area (Å²) in [5.41, 5.74) is 1.16. The summed E-state index contributed by atoms with van der Waals surface area (Å²) in [6, 6.07) is 6.93. The third-order valence-corrected chi connectivity index (χ3v) is 5.73. The Kier molecular flexibility index (Phi) is 3.95. The monoisotopic (exact) mass is 344 g/mol. The summed E-state index contributed by atoms with van der Waals surface area (Å²) in [5.74, 6) is -0.000194. The minimum Gasteiger partial charge on any atom is -0.458 e. The predicted molar refractivity (Wildman–Crippen MR) is 92.6 cm³/mol. The summed E-state index contributed by atoms with van der Waals surface area (Å²) in [6.45, 7) is 6.29. The molecule has 25 heavy (non-hydrogen) atoms. The highest BCUT2D eigenvalue weighted by Crippen LogP contribution is 2.53. The van der Waals surface area contributed by atoms with Crippen LogP contribution in [0.2, 0.25) is 0 Å². The lowest BCUT2D eigenvalue weighted by atomic mass is 9.57. The van der Waals surface area contributed by atoms with E-state index < -0.39 is 0 Å². The molecular formula is C19H24N2O4. The Hall–Kier alpha value is -2.08. The summed E-state index contributed by atoms with van der Waals surface area (Å²) < 4.78 is 11.7. The first-order valence-electron chi connectivity index (χ1n) is 8.96. The van der Waals surface area contributed by atoms with Crippen LogP contribution in [0, 0.1) is 11.3 Å². The Morgan fingerprint density at radius 3 is 2.76 bits per heavy atom. The van der Waals surface area contributed by atoms with Crippen LogP contribution < -0.4 is 10.2 Å². The first-order chi connectivity index (χ1) is 12.0. The number of rotatable bonds is 3. The van der Waals surface area contributed by atoms with E-state index in [9.17, 15) is 9.59 Å². The van der Waals surface area contributed by atoms with Crippen molar-refractivity contribution < 1.29 is 19.1 Å². The number of amides is 2. The number of esters is 1. The number of nitrogens with one attached hydrogen (secondary N) is 1. The van der Waals surface area contributed by atoms with Crippen molar-refractivity contribution >= 4 is 17.7 Å². The van der Waals surface area contributed by atoms with E-state index in [0.717, 1.165) is 25.1 Å². The maximum absolute atomic E-state index is 12.6. The smallest absolute Gasteiger partial charge is 0.338 e. The molecule has 0 spiro atoms. The molecule has 1 aromatic carbocycles. The number of urea groups is 1. The van der Waals surface area contributed by atoms with Gasteiger partial charge >= 0.3 is 12.0 Å². The van der Waals surface area contributed by atoms with Gasteiger partial charge in [0.1, 0.15) is 6.10 Å². The maximum atomic E-state index is 12.6. The molecule has 3 aliphatic rings. The van der Waals surface area contributed by atoms with Crippen molar-refractivity contribution in [2.75, 3.05) is 24.6 Å². The highest BCUT2D eigenvalue weighted by molar-refractivity contribution is 5.95. The molecule has 1 aromatic rings. The van der Waals surface area contributed by atoms with Crippen LogP contribution in [-0.2, 0) is 9.47 Å². The van der Waals surface area contributed by atoms with Crippen LogP contribution in [0.5, 0.6) is 0 Å². The van der Waals surface area contributed by atoms with E-state index in [1.165, 1.54) is 0 Å². The summed E-state index contributed by atoms with van der Waals surface area (Å²) in [5, 5.41) is 2.77. The number of fused-ring (bicyclic) bond motifs is 1. The average molecular weight is 344 g/mol. The fraction of sp³-hybridized carbons (Fsp3) is 0.579. The van der Waals surface area contributed by atoms with Crippen molar-refractivity contribution in [3.05, 3.63) is 29.8 Å². The van der Waals surface area contributed by atoms with Gasteiger partial charge in [-0.05, 0) is 37.1 Å². The van der Waals surface area contributed by atoms with Gasteiger partial charge in [-0.25, -0.2) is 9.59 Å². The van der Waals surface area contributed by atoms with Crippen molar-refractivity contribution in [3.8, 4) is 0 Å². The van der Waals surface area contributed by atoms with Gasteiger partial charge in [-0.15, -0.1) is 0 Å². The van der Waals surface area contributed by atoms with Crippen molar-refractivity contribution in [3.63, 3.8) is 0 Å². The normalized spacial score (nSPS) is 30.2. The van der Waals surface area contributed by atoms with Crippen molar-refractivity contribution in [2.45, 2.75) is 38.9 Å². The number of ether oxygens (including phenoxy) is 2. The molecule has 134 valence electrons. The quantitative estimate of drug-likeness (QED) is 0.856. The van der Waals surface area contributed by atoms with E-state index in [1.54, 1.807) is 29.2 Å². The third-order valence-electron chi connectivity index (χ3n) is 5.73. The van der Waals surface area contributed by atoms with Crippen molar-refractivity contribution in [1.82, 2.24) is 5.32 Å². The lowest BCUT2D eigenvalue weighted by molar-refractivity contribution is -0.243. The van der Waals surface area contributed by atoms with Crippen LogP contribution >= 0.6 is 0 Å². The highest BCUT2D eigenvalue weighted by atomic mass is 16.6. The van der Waals surface area contributed by atoms with Gasteiger partial charge in [0.25, 0.3) is 0 Å². The Morgan fingerprint density at radius 1 is 1.32 bits per heavy atom. The summed E-state index contributed by atoms with van der Waals surface area (Å²) in [4.78, 5) is 25.9. The van der Waals surface area contributed by atoms with Gasteiger partial charge in [0, 0.05) is 36.7 Å². The third kappa shape index (κ3) is 2.68. The Labute approximate surface area is 147 Å². The molecule has 3 atom stereocenters. The molecule has 6 heteroatoms. The van der Waals surface area contributed by atoms with Gasteiger partial charge in [-0.2, -0.15) is 0 Å². The van der Waals surface area contributed by atoms with Gasteiger partial charge in [0.05, 0.1) is 11.7 Å². The van der Waals surface area contributed by atoms with Crippen molar-refractivity contribution in [2.24, 2.45) is 11.3 Å². The Bertz CT molecular complexity index is 685. The molecule has 0 bridgehead atoms. The lowest BCUT2D eigenvalue weighted by Gasteiger charge is -2.58. The molecule has 2 amide bonds. The average Bonchev–Trinajstić information content (AvgIpc) is 3.05. The molecule has 3 unspecified atom stereocenters. The standard InChI is InChI=1S/C19H24N2O4/c1-19(2)15-14(4-3-11-24-15)16(19)25-17(22)12-5-7-13(8-6-12)21-10-9-20-18(21)23/h5-8,14-16H,3-4,9-11H2,1-2H3,(H,20,23). The zero-order chi connectivity index (χ0) is 17.6. The van der Waals surface area contributed by atoms with E-state index in [1.807, 2.05) is 0 Å². The first kappa shape index (κ1) is 16.4. The summed E-state index contributed by atoms with van der Waals surface area (Å²) in [7, 11) is 0. The number of benzene rings is 1. The molecule has 0 aromatic heterocycles. The predicted octanol–water partition coefficient (Wildman–Crippen LogP) is 2.58. The Morgan fingerprint density at radius 2 is 2.08 bits per heavy atom. The van der Waals surface area contributed by atoms with Gasteiger partial charge in [0.2, 0.25) is 0 Å². The fourth-order valence-corrected chi connectivity index (χ4v) is 4.39. The second-order valence-electron chi connectivity index (χ2n) is 7.68. The topological polar surface area (TPSA) is 67.9 Å². The SMILES string of the molecule is CC1(C)C2OCCCC2C1OC(=O)c1ccc(N2CCNC2=O)cc1. The molecule has 1 aliphatic carbocycles. The number of anilines is 1.